The van der Waals surface area contributed by atoms with Crippen molar-refractivity contribution in [2.24, 2.45) is 0 Å². The minimum absolute atomic E-state index is 0.0217. The summed E-state index contributed by atoms with van der Waals surface area (Å²) in [6.45, 7) is 5.38. The minimum Gasteiger partial charge on any atom is -0.504 e. The molecular formula is C14H21NO2. The zero-order chi connectivity index (χ0) is 12.5. The first-order chi connectivity index (χ1) is 8.10. The van der Waals surface area contributed by atoms with Crippen molar-refractivity contribution in [3.63, 3.8) is 0 Å². The maximum Gasteiger partial charge on any atom is 0.160 e. The van der Waals surface area contributed by atoms with E-state index in [0.717, 1.165) is 25.8 Å². The number of hydrogen-bond donors (Lipinski definition) is 2. The van der Waals surface area contributed by atoms with Gasteiger partial charge in [-0.3, -0.25) is 0 Å². The Morgan fingerprint density at radius 1 is 1.47 bits per heavy atom. The van der Waals surface area contributed by atoms with Crippen molar-refractivity contribution in [2.45, 2.75) is 38.6 Å². The Bertz CT molecular complexity index is 417. The number of phenols is 1. The molecule has 3 nitrogen and oxygen atoms in total. The summed E-state index contributed by atoms with van der Waals surface area (Å²) >= 11 is 0. The molecule has 0 fully saturated rings. The summed E-state index contributed by atoms with van der Waals surface area (Å²) in [5.74, 6) is 0.807. The first-order valence-corrected chi connectivity index (χ1v) is 6.26. The summed E-state index contributed by atoms with van der Waals surface area (Å²) in [6, 6.07) is 3.83. The molecule has 0 spiro atoms. The molecule has 1 aliphatic heterocycles. The highest BCUT2D eigenvalue weighted by molar-refractivity contribution is 5.50. The SMILES string of the molecule is CCCC1(C)NCCc2cc(OC)c(O)cc21. The van der Waals surface area contributed by atoms with Crippen LogP contribution in [0.2, 0.25) is 0 Å². The van der Waals surface area contributed by atoms with Gasteiger partial charge in [0.2, 0.25) is 0 Å². The van der Waals surface area contributed by atoms with Gasteiger partial charge < -0.3 is 15.2 Å². The molecule has 2 rings (SSSR count). The quantitative estimate of drug-likeness (QED) is 0.846. The first kappa shape index (κ1) is 12.2. The van der Waals surface area contributed by atoms with Gasteiger partial charge in [0.05, 0.1) is 7.11 Å². The maximum absolute atomic E-state index is 9.91. The van der Waals surface area contributed by atoms with Crippen molar-refractivity contribution in [2.75, 3.05) is 13.7 Å². The summed E-state index contributed by atoms with van der Waals surface area (Å²) in [4.78, 5) is 0. The number of hydrogen-bond acceptors (Lipinski definition) is 3. The smallest absolute Gasteiger partial charge is 0.160 e. The lowest BCUT2D eigenvalue weighted by Crippen LogP contribution is -2.44. The van der Waals surface area contributed by atoms with Crippen LogP contribution in [0.4, 0.5) is 0 Å². The lowest BCUT2D eigenvalue weighted by Gasteiger charge is -2.37. The van der Waals surface area contributed by atoms with Gasteiger partial charge in [-0.25, -0.2) is 0 Å². The maximum atomic E-state index is 9.91. The van der Waals surface area contributed by atoms with Crippen molar-refractivity contribution in [3.8, 4) is 11.5 Å². The molecule has 1 aromatic carbocycles. The molecule has 0 aliphatic carbocycles. The zero-order valence-electron chi connectivity index (χ0n) is 10.8. The number of methoxy groups -OCH3 is 1. The number of phenolic OH excluding ortho intramolecular Hbond substituents is 1. The number of benzene rings is 1. The summed E-state index contributed by atoms with van der Waals surface area (Å²) < 4.78 is 5.17. The molecule has 2 N–H and O–H groups in total. The molecule has 0 saturated heterocycles. The summed E-state index contributed by atoms with van der Waals surface area (Å²) in [5.41, 5.74) is 2.48. The van der Waals surface area contributed by atoms with Crippen LogP contribution < -0.4 is 10.1 Å². The molecule has 0 aromatic heterocycles. The average Bonchev–Trinajstić information content (AvgIpc) is 2.30. The van der Waals surface area contributed by atoms with Crippen molar-refractivity contribution in [3.05, 3.63) is 23.3 Å². The topological polar surface area (TPSA) is 41.5 Å². The molecule has 3 heteroatoms. The number of ether oxygens (including phenoxy) is 1. The number of aromatic hydroxyl groups is 1. The third-order valence-corrected chi connectivity index (χ3v) is 3.66. The normalized spacial score (nSPS) is 23.2. The van der Waals surface area contributed by atoms with Gasteiger partial charge >= 0.3 is 0 Å². The summed E-state index contributed by atoms with van der Waals surface area (Å²) in [6.07, 6.45) is 3.19. The molecule has 94 valence electrons. The predicted molar refractivity (Wildman–Crippen MR) is 68.6 cm³/mol. The van der Waals surface area contributed by atoms with Gasteiger partial charge in [0.1, 0.15) is 0 Å². The Labute approximate surface area is 103 Å². The number of fused-ring (bicyclic) bond motifs is 1. The van der Waals surface area contributed by atoms with Crippen molar-refractivity contribution in [1.82, 2.24) is 5.32 Å². The monoisotopic (exact) mass is 235 g/mol. The average molecular weight is 235 g/mol. The Morgan fingerprint density at radius 3 is 2.88 bits per heavy atom. The van der Waals surface area contributed by atoms with E-state index in [1.807, 2.05) is 12.1 Å². The third-order valence-electron chi connectivity index (χ3n) is 3.66. The van der Waals surface area contributed by atoms with Gasteiger partial charge in [-0.2, -0.15) is 0 Å². The van der Waals surface area contributed by atoms with E-state index in [2.05, 4.69) is 19.2 Å². The standard InChI is InChI=1S/C14H21NO2/c1-4-6-14(2)11-9-12(16)13(17-3)8-10(11)5-7-15-14/h8-9,15-16H,4-7H2,1-3H3. The van der Waals surface area contributed by atoms with E-state index in [1.165, 1.54) is 11.1 Å². The molecule has 1 unspecified atom stereocenters. The van der Waals surface area contributed by atoms with Crippen LogP contribution in [0.5, 0.6) is 11.5 Å². The van der Waals surface area contributed by atoms with Crippen LogP contribution >= 0.6 is 0 Å². The Kier molecular flexibility index (Phi) is 3.29. The van der Waals surface area contributed by atoms with Gasteiger partial charge in [0.15, 0.2) is 11.5 Å². The van der Waals surface area contributed by atoms with E-state index in [-0.39, 0.29) is 11.3 Å². The second kappa shape index (κ2) is 4.57. The zero-order valence-corrected chi connectivity index (χ0v) is 10.8. The molecule has 0 radical (unpaired) electrons. The minimum atomic E-state index is -0.0217. The van der Waals surface area contributed by atoms with Crippen LogP contribution in [-0.2, 0) is 12.0 Å². The molecule has 1 heterocycles. The largest absolute Gasteiger partial charge is 0.504 e. The van der Waals surface area contributed by atoms with Crippen molar-refractivity contribution >= 4 is 0 Å². The Morgan fingerprint density at radius 2 is 2.24 bits per heavy atom. The van der Waals surface area contributed by atoms with Crippen LogP contribution in [0.3, 0.4) is 0 Å². The molecular weight excluding hydrogens is 214 g/mol. The van der Waals surface area contributed by atoms with Gasteiger partial charge in [0.25, 0.3) is 0 Å². The highest BCUT2D eigenvalue weighted by Gasteiger charge is 2.31. The molecule has 0 saturated carbocycles. The van der Waals surface area contributed by atoms with Crippen LogP contribution in [0.1, 0.15) is 37.8 Å². The highest BCUT2D eigenvalue weighted by Crippen LogP contribution is 2.38. The Hall–Kier alpha value is -1.22. The number of nitrogens with one attached hydrogen (secondary N) is 1. The van der Waals surface area contributed by atoms with E-state index < -0.39 is 0 Å². The van der Waals surface area contributed by atoms with Gasteiger partial charge in [-0.15, -0.1) is 0 Å². The molecule has 17 heavy (non-hydrogen) atoms. The molecule has 1 aliphatic rings. The Balaban J connectivity index is 2.48. The van der Waals surface area contributed by atoms with E-state index in [1.54, 1.807) is 7.11 Å². The van der Waals surface area contributed by atoms with E-state index >= 15 is 0 Å². The second-order valence-corrected chi connectivity index (χ2v) is 4.94. The van der Waals surface area contributed by atoms with Crippen LogP contribution in [0.15, 0.2) is 12.1 Å². The fourth-order valence-electron chi connectivity index (χ4n) is 2.79. The van der Waals surface area contributed by atoms with Crippen molar-refractivity contribution in [1.29, 1.82) is 0 Å². The van der Waals surface area contributed by atoms with Crippen LogP contribution in [-0.4, -0.2) is 18.8 Å². The highest BCUT2D eigenvalue weighted by atomic mass is 16.5. The second-order valence-electron chi connectivity index (χ2n) is 4.94. The third kappa shape index (κ3) is 2.12. The number of rotatable bonds is 3. The van der Waals surface area contributed by atoms with Crippen LogP contribution in [0, 0.1) is 0 Å². The molecule has 1 atom stereocenters. The first-order valence-electron chi connectivity index (χ1n) is 6.26. The lowest BCUT2D eigenvalue weighted by atomic mass is 9.80. The molecule has 1 aromatic rings. The fraction of sp³-hybridized carbons (Fsp3) is 0.571. The summed E-state index contributed by atoms with van der Waals surface area (Å²) in [5, 5.41) is 13.5. The van der Waals surface area contributed by atoms with Crippen LogP contribution in [0.25, 0.3) is 0 Å². The fourth-order valence-corrected chi connectivity index (χ4v) is 2.79. The summed E-state index contributed by atoms with van der Waals surface area (Å²) in [7, 11) is 1.59. The van der Waals surface area contributed by atoms with Crippen molar-refractivity contribution < 1.29 is 9.84 Å². The van der Waals surface area contributed by atoms with Gasteiger partial charge in [-0.1, -0.05) is 13.3 Å². The van der Waals surface area contributed by atoms with Gasteiger partial charge in [0, 0.05) is 12.1 Å². The molecule has 0 amide bonds. The molecule has 0 bridgehead atoms. The van der Waals surface area contributed by atoms with E-state index in [9.17, 15) is 5.11 Å². The van der Waals surface area contributed by atoms with E-state index in [0.29, 0.717) is 5.75 Å². The van der Waals surface area contributed by atoms with E-state index in [4.69, 9.17) is 4.74 Å². The van der Waals surface area contributed by atoms with Gasteiger partial charge in [-0.05, 0) is 43.0 Å². The lowest BCUT2D eigenvalue weighted by molar-refractivity contribution is 0.314. The predicted octanol–water partition coefficient (Wildman–Crippen LogP) is 2.56.